The molecule has 0 saturated heterocycles. The van der Waals surface area contributed by atoms with E-state index < -0.39 is 5.60 Å². The van der Waals surface area contributed by atoms with Crippen LogP contribution in [-0.4, -0.2) is 37.1 Å². The van der Waals surface area contributed by atoms with Crippen molar-refractivity contribution in [2.24, 2.45) is 0 Å². The van der Waals surface area contributed by atoms with Gasteiger partial charge in [0.2, 0.25) is 5.16 Å². The molecule has 0 bridgehead atoms. The summed E-state index contributed by atoms with van der Waals surface area (Å²) in [4.78, 5) is 16.4. The van der Waals surface area contributed by atoms with Gasteiger partial charge in [-0.2, -0.15) is 0 Å². The fourth-order valence-corrected chi connectivity index (χ4v) is 3.12. The van der Waals surface area contributed by atoms with E-state index in [0.29, 0.717) is 5.16 Å². The summed E-state index contributed by atoms with van der Waals surface area (Å²) in [5.41, 5.74) is 2.18. The predicted molar refractivity (Wildman–Crippen MR) is 95.1 cm³/mol. The van der Waals surface area contributed by atoms with E-state index in [4.69, 9.17) is 4.74 Å². The molecule has 2 heterocycles. The van der Waals surface area contributed by atoms with Crippen LogP contribution >= 0.6 is 11.8 Å². The van der Waals surface area contributed by atoms with Crippen LogP contribution in [0.4, 0.5) is 0 Å². The van der Waals surface area contributed by atoms with E-state index in [-0.39, 0.29) is 11.7 Å². The molecule has 7 heteroatoms. The number of hydrogen-bond acceptors (Lipinski definition) is 6. The summed E-state index contributed by atoms with van der Waals surface area (Å²) in [6.07, 6.45) is 0. The zero-order chi connectivity index (χ0) is 17.3. The van der Waals surface area contributed by atoms with Gasteiger partial charge in [-0.1, -0.05) is 30.0 Å². The number of aryl methyl sites for hydroxylation is 1. The highest BCUT2D eigenvalue weighted by Crippen LogP contribution is 2.27. The normalized spacial score (nSPS) is 12.0. The predicted octanol–water partition coefficient (Wildman–Crippen LogP) is 3.43. The molecular formula is C17H20N4O2S. The Labute approximate surface area is 144 Å². The molecule has 3 aromatic rings. The summed E-state index contributed by atoms with van der Waals surface area (Å²) in [5.74, 6) is -0.121. The molecule has 0 radical (unpaired) electrons. The molecule has 0 spiro atoms. The molecule has 0 unspecified atom stereocenters. The molecule has 2 aromatic heterocycles. The molecule has 1 aromatic carbocycles. The van der Waals surface area contributed by atoms with E-state index in [0.717, 1.165) is 28.6 Å². The lowest BCUT2D eigenvalue weighted by atomic mass is 10.2. The summed E-state index contributed by atoms with van der Waals surface area (Å²) in [6, 6.07) is 8.05. The number of hydrogen-bond donors (Lipinski definition) is 0. The van der Waals surface area contributed by atoms with Crippen molar-refractivity contribution < 1.29 is 9.53 Å². The molecule has 3 rings (SSSR count). The van der Waals surface area contributed by atoms with Gasteiger partial charge in [0.1, 0.15) is 11.1 Å². The average Bonchev–Trinajstić information content (AvgIpc) is 2.84. The molecule has 0 saturated carbocycles. The largest absolute Gasteiger partial charge is 0.459 e. The zero-order valence-electron chi connectivity index (χ0n) is 14.2. The minimum Gasteiger partial charge on any atom is -0.459 e. The topological polar surface area (TPSA) is 69.9 Å². The van der Waals surface area contributed by atoms with Crippen molar-refractivity contribution in [1.29, 1.82) is 0 Å². The Morgan fingerprint density at radius 3 is 2.71 bits per heavy atom. The molecule has 6 nitrogen and oxygen atoms in total. The highest BCUT2D eigenvalue weighted by molar-refractivity contribution is 7.99. The Balaban J connectivity index is 1.89. The van der Waals surface area contributed by atoms with E-state index in [9.17, 15) is 4.79 Å². The Hall–Kier alpha value is -2.15. The molecule has 0 fully saturated rings. The maximum Gasteiger partial charge on any atom is 0.316 e. The second-order valence-electron chi connectivity index (χ2n) is 6.40. The minimum atomic E-state index is -0.491. The molecule has 126 valence electrons. The highest BCUT2D eigenvalue weighted by atomic mass is 32.2. The van der Waals surface area contributed by atoms with Gasteiger partial charge in [0.15, 0.2) is 5.65 Å². The molecule has 0 aliphatic carbocycles. The number of ether oxygens (including phenoxy) is 1. The number of benzene rings is 1. The van der Waals surface area contributed by atoms with Gasteiger partial charge in [0.05, 0.1) is 11.3 Å². The lowest BCUT2D eigenvalue weighted by molar-refractivity contribution is -0.151. The zero-order valence-corrected chi connectivity index (χ0v) is 15.1. The summed E-state index contributed by atoms with van der Waals surface area (Å²) in [6.45, 7) is 8.40. The van der Waals surface area contributed by atoms with Crippen LogP contribution < -0.4 is 0 Å². The number of thioether (sulfide) groups is 1. The van der Waals surface area contributed by atoms with E-state index in [1.165, 1.54) is 11.8 Å². The van der Waals surface area contributed by atoms with Gasteiger partial charge >= 0.3 is 5.97 Å². The highest BCUT2D eigenvalue weighted by Gasteiger charge is 2.18. The van der Waals surface area contributed by atoms with Crippen molar-refractivity contribution in [3.63, 3.8) is 0 Å². The summed E-state index contributed by atoms with van der Waals surface area (Å²) in [5, 5.41) is 10.00. The van der Waals surface area contributed by atoms with Crippen LogP contribution in [0.25, 0.3) is 22.1 Å². The summed E-state index contributed by atoms with van der Waals surface area (Å²) in [7, 11) is 0. The average molecular weight is 344 g/mol. The van der Waals surface area contributed by atoms with Crippen LogP contribution in [0.3, 0.4) is 0 Å². The van der Waals surface area contributed by atoms with Crippen molar-refractivity contribution in [3.05, 3.63) is 24.3 Å². The number of esters is 1. The number of fused-ring (bicyclic) bond motifs is 3. The van der Waals surface area contributed by atoms with Crippen LogP contribution in [0.1, 0.15) is 27.7 Å². The van der Waals surface area contributed by atoms with Crippen LogP contribution in [0.2, 0.25) is 0 Å². The molecule has 0 N–H and O–H groups in total. The Bertz CT molecular complexity index is 899. The van der Waals surface area contributed by atoms with Gasteiger partial charge in [-0.05, 0) is 33.8 Å². The van der Waals surface area contributed by atoms with E-state index in [1.54, 1.807) is 0 Å². The second-order valence-corrected chi connectivity index (χ2v) is 7.35. The third-order valence-corrected chi connectivity index (χ3v) is 4.22. The molecule has 0 amide bonds. The molecule has 24 heavy (non-hydrogen) atoms. The lowest BCUT2D eigenvalue weighted by Crippen LogP contribution is -2.25. The van der Waals surface area contributed by atoms with Crippen molar-refractivity contribution in [3.8, 4) is 0 Å². The third kappa shape index (κ3) is 3.36. The maximum atomic E-state index is 11.8. The van der Waals surface area contributed by atoms with Gasteiger partial charge in [-0.3, -0.25) is 4.79 Å². The number of carbonyl (C=O) groups excluding carboxylic acids is 1. The van der Waals surface area contributed by atoms with E-state index in [1.807, 2.05) is 39.0 Å². The minimum absolute atomic E-state index is 0.164. The third-order valence-electron chi connectivity index (χ3n) is 3.41. The van der Waals surface area contributed by atoms with Crippen LogP contribution in [0.5, 0.6) is 0 Å². The van der Waals surface area contributed by atoms with Gasteiger partial charge in [-0.15, -0.1) is 10.2 Å². The maximum absolute atomic E-state index is 11.8. The Kier molecular flexibility index (Phi) is 4.45. The summed E-state index contributed by atoms with van der Waals surface area (Å²) < 4.78 is 7.41. The first kappa shape index (κ1) is 16.7. The number of aromatic nitrogens is 4. The number of rotatable bonds is 4. The first-order valence-electron chi connectivity index (χ1n) is 7.85. The van der Waals surface area contributed by atoms with E-state index >= 15 is 0 Å². The quantitative estimate of drug-likeness (QED) is 0.533. The van der Waals surface area contributed by atoms with Gasteiger partial charge in [-0.25, -0.2) is 4.98 Å². The van der Waals surface area contributed by atoms with Crippen LogP contribution in [0, 0.1) is 0 Å². The van der Waals surface area contributed by atoms with Gasteiger partial charge in [0.25, 0.3) is 0 Å². The lowest BCUT2D eigenvalue weighted by Gasteiger charge is -2.18. The molecule has 0 atom stereocenters. The van der Waals surface area contributed by atoms with Gasteiger partial charge < -0.3 is 9.30 Å². The fraction of sp³-hybridized carbons (Fsp3) is 0.412. The van der Waals surface area contributed by atoms with E-state index in [2.05, 4.69) is 32.7 Å². The molecule has 0 aliphatic heterocycles. The number of para-hydroxylation sites is 1. The fourth-order valence-electron chi connectivity index (χ4n) is 2.56. The standard InChI is InChI=1S/C17H20N4O2S/c1-5-21-12-9-7-6-8-11(12)14-15(21)18-16(20-19-14)24-10-13(22)23-17(2,3)4/h6-9H,5,10H2,1-4H3. The molecular weight excluding hydrogens is 324 g/mol. The van der Waals surface area contributed by atoms with Gasteiger partial charge in [0, 0.05) is 11.9 Å². The Morgan fingerprint density at radius 2 is 2.00 bits per heavy atom. The first-order valence-corrected chi connectivity index (χ1v) is 8.84. The Morgan fingerprint density at radius 1 is 1.25 bits per heavy atom. The van der Waals surface area contributed by atoms with Crippen molar-refractivity contribution >= 4 is 39.8 Å². The SMILES string of the molecule is CCn1c2ccccc2c2nnc(SCC(=O)OC(C)(C)C)nc21. The molecule has 0 aliphatic rings. The smallest absolute Gasteiger partial charge is 0.316 e. The monoisotopic (exact) mass is 344 g/mol. The van der Waals surface area contributed by atoms with Crippen molar-refractivity contribution in [2.75, 3.05) is 5.75 Å². The second kappa shape index (κ2) is 6.39. The number of carbonyl (C=O) groups is 1. The summed E-state index contributed by atoms with van der Waals surface area (Å²) >= 11 is 1.24. The first-order chi connectivity index (χ1) is 11.4. The van der Waals surface area contributed by atoms with Crippen LogP contribution in [0.15, 0.2) is 29.4 Å². The van der Waals surface area contributed by atoms with Crippen LogP contribution in [-0.2, 0) is 16.1 Å². The number of nitrogens with zero attached hydrogens (tertiary/aromatic N) is 4. The van der Waals surface area contributed by atoms with Crippen molar-refractivity contribution in [2.45, 2.75) is 45.0 Å². The van der Waals surface area contributed by atoms with Crippen molar-refractivity contribution in [1.82, 2.24) is 19.7 Å².